The van der Waals surface area contributed by atoms with Crippen LogP contribution in [0.4, 0.5) is 0 Å². The first-order valence-electron chi connectivity index (χ1n) is 11.6. The van der Waals surface area contributed by atoms with Crippen molar-refractivity contribution in [2.45, 2.75) is 19.9 Å². The molecule has 7 nitrogen and oxygen atoms in total. The largest absolute Gasteiger partial charge is 0.454 e. The van der Waals surface area contributed by atoms with Gasteiger partial charge >= 0.3 is 0 Å². The zero-order valence-corrected chi connectivity index (χ0v) is 19.2. The standard InChI is InChI=1S/C28H24N4O3/c1-2-18-6-5-7-20-19(15-29-26(18)20)13-21(27-31-22-8-3-4-9-23(22)32-27)28(33)30-14-17-10-11-24-25(12-17)35-16-34-24/h3-13,15,29H,2,14,16H2,1H3,(H,30,33)(H,31,32)/b21-13-. The van der Waals surface area contributed by atoms with Gasteiger partial charge in [0.25, 0.3) is 5.91 Å². The molecule has 0 bridgehead atoms. The second kappa shape index (κ2) is 8.68. The highest BCUT2D eigenvalue weighted by molar-refractivity contribution is 6.24. The minimum absolute atomic E-state index is 0.217. The van der Waals surface area contributed by atoms with Crippen LogP contribution in [0, 0.1) is 0 Å². The van der Waals surface area contributed by atoms with E-state index in [0.29, 0.717) is 29.4 Å². The van der Waals surface area contributed by atoms with Gasteiger partial charge in [0.15, 0.2) is 11.5 Å². The molecule has 3 N–H and O–H groups in total. The van der Waals surface area contributed by atoms with Gasteiger partial charge in [-0.15, -0.1) is 0 Å². The zero-order chi connectivity index (χ0) is 23.8. The van der Waals surface area contributed by atoms with E-state index in [1.807, 2.05) is 60.8 Å². The fraction of sp³-hybridized carbons (Fsp3) is 0.143. The van der Waals surface area contributed by atoms with Crippen LogP contribution in [0.1, 0.15) is 29.4 Å². The number of aromatic amines is 2. The lowest BCUT2D eigenvalue weighted by Crippen LogP contribution is -2.24. The second-order valence-corrected chi connectivity index (χ2v) is 8.47. The molecule has 6 rings (SSSR count). The predicted molar refractivity (Wildman–Crippen MR) is 136 cm³/mol. The van der Waals surface area contributed by atoms with Crippen molar-refractivity contribution in [3.05, 3.63) is 89.4 Å². The summed E-state index contributed by atoms with van der Waals surface area (Å²) in [6, 6.07) is 19.7. The van der Waals surface area contributed by atoms with Crippen LogP contribution in [-0.2, 0) is 17.8 Å². The highest BCUT2D eigenvalue weighted by Crippen LogP contribution is 2.32. The number of rotatable bonds is 6. The number of H-pyrrole nitrogens is 2. The van der Waals surface area contributed by atoms with Gasteiger partial charge in [0.2, 0.25) is 6.79 Å². The summed E-state index contributed by atoms with van der Waals surface area (Å²) < 4.78 is 10.8. The molecule has 174 valence electrons. The van der Waals surface area contributed by atoms with Crippen LogP contribution in [-0.4, -0.2) is 27.7 Å². The Labute approximate surface area is 201 Å². The van der Waals surface area contributed by atoms with E-state index in [1.165, 1.54) is 5.56 Å². The molecule has 0 aliphatic carbocycles. The number of nitrogens with one attached hydrogen (secondary N) is 3. The maximum absolute atomic E-state index is 13.5. The van der Waals surface area contributed by atoms with Gasteiger partial charge in [-0.1, -0.05) is 43.3 Å². The van der Waals surface area contributed by atoms with Crippen LogP contribution in [0.3, 0.4) is 0 Å². The summed E-state index contributed by atoms with van der Waals surface area (Å²) in [7, 11) is 0. The van der Waals surface area contributed by atoms with E-state index in [-0.39, 0.29) is 12.7 Å². The van der Waals surface area contributed by atoms with Crippen molar-refractivity contribution in [3.8, 4) is 11.5 Å². The van der Waals surface area contributed by atoms with Crippen LogP contribution in [0.5, 0.6) is 11.5 Å². The van der Waals surface area contributed by atoms with E-state index in [4.69, 9.17) is 14.5 Å². The number of hydrogen-bond donors (Lipinski definition) is 3. The maximum Gasteiger partial charge on any atom is 0.255 e. The summed E-state index contributed by atoms with van der Waals surface area (Å²) in [4.78, 5) is 24.9. The van der Waals surface area contributed by atoms with Gasteiger partial charge in [-0.2, -0.15) is 0 Å². The number of benzene rings is 3. The summed E-state index contributed by atoms with van der Waals surface area (Å²) in [6.45, 7) is 2.70. The Morgan fingerprint density at radius 2 is 1.97 bits per heavy atom. The summed E-state index contributed by atoms with van der Waals surface area (Å²) in [5.41, 5.74) is 6.33. The number of hydrogen-bond acceptors (Lipinski definition) is 4. The first kappa shape index (κ1) is 21.0. The molecule has 0 saturated carbocycles. The lowest BCUT2D eigenvalue weighted by Gasteiger charge is -2.08. The molecule has 1 aliphatic rings. The fourth-order valence-electron chi connectivity index (χ4n) is 4.46. The Morgan fingerprint density at radius 3 is 2.86 bits per heavy atom. The number of fused-ring (bicyclic) bond motifs is 3. The smallest absolute Gasteiger partial charge is 0.255 e. The van der Waals surface area contributed by atoms with Gasteiger partial charge in [-0.25, -0.2) is 4.98 Å². The third-order valence-corrected chi connectivity index (χ3v) is 6.29. The Bertz CT molecular complexity index is 1560. The van der Waals surface area contributed by atoms with Crippen LogP contribution in [0.2, 0.25) is 0 Å². The number of imidazole rings is 1. The number of carbonyl (C=O) groups is 1. The molecule has 0 atom stereocenters. The number of aromatic nitrogens is 3. The third-order valence-electron chi connectivity index (χ3n) is 6.29. The molecule has 2 aromatic heterocycles. The Kier molecular flexibility index (Phi) is 5.22. The average Bonchev–Trinajstić information content (AvgIpc) is 3.63. The summed E-state index contributed by atoms with van der Waals surface area (Å²) in [6.07, 6.45) is 4.76. The number of amides is 1. The first-order valence-corrected chi connectivity index (χ1v) is 11.6. The van der Waals surface area contributed by atoms with Crippen LogP contribution in [0.15, 0.2) is 66.9 Å². The van der Waals surface area contributed by atoms with Crippen molar-refractivity contribution < 1.29 is 14.3 Å². The normalized spacial score (nSPS) is 13.0. The van der Waals surface area contributed by atoms with Gasteiger partial charge in [-0.3, -0.25) is 4.79 Å². The highest BCUT2D eigenvalue weighted by atomic mass is 16.7. The van der Waals surface area contributed by atoms with E-state index in [9.17, 15) is 4.79 Å². The second-order valence-electron chi connectivity index (χ2n) is 8.47. The molecule has 3 heterocycles. The third kappa shape index (κ3) is 3.91. The summed E-state index contributed by atoms with van der Waals surface area (Å²) in [5.74, 6) is 1.71. The monoisotopic (exact) mass is 464 g/mol. The molecule has 7 heteroatoms. The number of aryl methyl sites for hydroxylation is 1. The molecule has 0 unspecified atom stereocenters. The Balaban J connectivity index is 1.37. The lowest BCUT2D eigenvalue weighted by atomic mass is 10.0. The summed E-state index contributed by atoms with van der Waals surface area (Å²) >= 11 is 0. The molecule has 35 heavy (non-hydrogen) atoms. The van der Waals surface area contributed by atoms with Crippen LogP contribution < -0.4 is 14.8 Å². The average molecular weight is 465 g/mol. The Hall–Kier alpha value is -4.52. The highest BCUT2D eigenvalue weighted by Gasteiger charge is 2.19. The maximum atomic E-state index is 13.5. The molecule has 0 saturated heterocycles. The van der Waals surface area contributed by atoms with Crippen LogP contribution in [0.25, 0.3) is 33.6 Å². The van der Waals surface area contributed by atoms with E-state index in [0.717, 1.165) is 39.5 Å². The zero-order valence-electron chi connectivity index (χ0n) is 19.2. The quantitative estimate of drug-likeness (QED) is 0.302. The topological polar surface area (TPSA) is 92.0 Å². The van der Waals surface area contributed by atoms with Gasteiger partial charge < -0.3 is 24.8 Å². The van der Waals surface area contributed by atoms with E-state index in [1.54, 1.807) is 0 Å². The summed E-state index contributed by atoms with van der Waals surface area (Å²) in [5, 5.41) is 4.11. The van der Waals surface area contributed by atoms with Crippen molar-refractivity contribution in [1.29, 1.82) is 0 Å². The molecular weight excluding hydrogens is 440 g/mol. The number of para-hydroxylation sites is 3. The van der Waals surface area contributed by atoms with E-state index < -0.39 is 0 Å². The number of ether oxygens (including phenoxy) is 2. The predicted octanol–water partition coefficient (Wildman–Crippen LogP) is 5.19. The number of carbonyl (C=O) groups excluding carboxylic acids is 1. The molecule has 1 amide bonds. The minimum atomic E-state index is -0.220. The SMILES string of the molecule is CCc1cccc2c(/C=C(\C(=O)NCc3ccc4c(c3)OCO4)c3nc4ccccc4[nH]3)c[nH]c12. The molecule has 5 aromatic rings. The Morgan fingerprint density at radius 1 is 1.09 bits per heavy atom. The van der Waals surface area contributed by atoms with E-state index >= 15 is 0 Å². The van der Waals surface area contributed by atoms with Gasteiger partial charge in [0.1, 0.15) is 5.82 Å². The lowest BCUT2D eigenvalue weighted by molar-refractivity contribution is -0.115. The molecule has 3 aromatic carbocycles. The van der Waals surface area contributed by atoms with Crippen LogP contribution >= 0.6 is 0 Å². The van der Waals surface area contributed by atoms with Crippen molar-refractivity contribution >= 4 is 39.5 Å². The molecule has 0 radical (unpaired) electrons. The van der Waals surface area contributed by atoms with Gasteiger partial charge in [-0.05, 0) is 47.9 Å². The first-order chi connectivity index (χ1) is 17.2. The fourth-order valence-corrected chi connectivity index (χ4v) is 4.46. The van der Waals surface area contributed by atoms with Crippen molar-refractivity contribution in [2.75, 3.05) is 6.79 Å². The molecule has 0 spiro atoms. The molecule has 0 fully saturated rings. The minimum Gasteiger partial charge on any atom is -0.454 e. The molecular formula is C28H24N4O3. The van der Waals surface area contributed by atoms with Crippen molar-refractivity contribution in [3.63, 3.8) is 0 Å². The van der Waals surface area contributed by atoms with Gasteiger partial charge in [0, 0.05) is 29.2 Å². The van der Waals surface area contributed by atoms with Gasteiger partial charge in [0.05, 0.1) is 16.6 Å². The molecule has 1 aliphatic heterocycles. The number of nitrogens with zero attached hydrogens (tertiary/aromatic N) is 1. The van der Waals surface area contributed by atoms with Crippen molar-refractivity contribution in [2.24, 2.45) is 0 Å². The van der Waals surface area contributed by atoms with Crippen molar-refractivity contribution in [1.82, 2.24) is 20.3 Å². The van der Waals surface area contributed by atoms with E-state index in [2.05, 4.69) is 34.3 Å².